The molecule has 1 aromatic carbocycles. The zero-order chi connectivity index (χ0) is 16.1. The van der Waals surface area contributed by atoms with Gasteiger partial charge in [-0.15, -0.1) is 0 Å². The van der Waals surface area contributed by atoms with Gasteiger partial charge in [0.25, 0.3) is 0 Å². The first-order valence-corrected chi connectivity index (χ1v) is 8.35. The molecular weight excluding hydrogens is 290 g/mol. The molecule has 2 N–H and O–H groups in total. The molecule has 0 amide bonds. The molecular formula is C15H21NO4S. The molecule has 0 atom stereocenters. The van der Waals surface area contributed by atoms with E-state index in [1.54, 1.807) is 19.1 Å². The number of hydrogen-bond donors (Lipinski definition) is 2. The van der Waals surface area contributed by atoms with Crippen molar-refractivity contribution >= 4 is 16.0 Å². The molecule has 2 rings (SSSR count). The third-order valence-corrected chi connectivity index (χ3v) is 5.51. The van der Waals surface area contributed by atoms with Crippen LogP contribution in [-0.2, 0) is 20.2 Å². The minimum absolute atomic E-state index is 0.155. The summed E-state index contributed by atoms with van der Waals surface area (Å²) in [5.74, 6) is -1.12. The van der Waals surface area contributed by atoms with Crippen LogP contribution in [0.4, 0.5) is 0 Å². The van der Waals surface area contributed by atoms with Gasteiger partial charge in [-0.2, -0.15) is 4.72 Å². The van der Waals surface area contributed by atoms with Gasteiger partial charge in [-0.05, 0) is 42.4 Å². The number of benzene rings is 1. The van der Waals surface area contributed by atoms with Gasteiger partial charge in [0.15, 0.2) is 0 Å². The van der Waals surface area contributed by atoms with E-state index in [0.29, 0.717) is 18.4 Å². The Balaban J connectivity index is 2.43. The molecule has 5 nitrogen and oxygen atoms in total. The van der Waals surface area contributed by atoms with Gasteiger partial charge in [0, 0.05) is 0 Å². The molecule has 0 aromatic heterocycles. The summed E-state index contributed by atoms with van der Waals surface area (Å²) < 4.78 is 27.4. The lowest BCUT2D eigenvalue weighted by molar-refractivity contribution is -0.140. The first kappa shape index (κ1) is 16.0. The third-order valence-electron chi connectivity index (χ3n) is 3.83. The smallest absolute Gasteiger partial charge is 0.324 e. The fourth-order valence-corrected chi connectivity index (χ4v) is 3.84. The quantitative estimate of drug-likeness (QED) is 0.893. The highest BCUT2D eigenvalue weighted by Crippen LogP contribution is 2.37. The number of carboxylic acid groups (broad SMARTS) is 1. The normalized spacial score (nSPS) is 17.5. The van der Waals surface area contributed by atoms with Crippen molar-refractivity contribution in [3.05, 3.63) is 29.3 Å². The molecule has 0 radical (unpaired) electrons. The summed E-state index contributed by atoms with van der Waals surface area (Å²) in [4.78, 5) is 11.3. The van der Waals surface area contributed by atoms with Crippen LogP contribution < -0.4 is 4.72 Å². The number of sulfonamides is 1. The predicted octanol–water partition coefficient (Wildman–Crippen LogP) is 2.19. The molecule has 116 valence electrons. The number of rotatable bonds is 4. The second-order valence-corrected chi connectivity index (χ2v) is 8.37. The van der Waals surface area contributed by atoms with Crippen LogP contribution in [0, 0.1) is 6.92 Å². The molecule has 0 unspecified atom stereocenters. The molecule has 0 spiro atoms. The lowest BCUT2D eigenvalue weighted by Gasteiger charge is -2.21. The van der Waals surface area contributed by atoms with Crippen molar-refractivity contribution in [2.45, 2.75) is 56.4 Å². The fourth-order valence-electron chi connectivity index (χ4n) is 2.15. The Morgan fingerprint density at radius 3 is 2.29 bits per heavy atom. The van der Waals surface area contributed by atoms with Gasteiger partial charge in [0.2, 0.25) is 10.0 Å². The highest BCUT2D eigenvalue weighted by Gasteiger charge is 2.53. The lowest BCUT2D eigenvalue weighted by Crippen LogP contribution is -2.43. The Hall–Kier alpha value is -1.40. The van der Waals surface area contributed by atoms with Crippen molar-refractivity contribution in [2.24, 2.45) is 0 Å². The van der Waals surface area contributed by atoms with Crippen molar-refractivity contribution < 1.29 is 18.3 Å². The Kier molecular flexibility index (Phi) is 3.66. The van der Waals surface area contributed by atoms with Crippen molar-refractivity contribution in [2.75, 3.05) is 0 Å². The van der Waals surface area contributed by atoms with Crippen molar-refractivity contribution in [3.8, 4) is 0 Å². The molecule has 1 aromatic rings. The van der Waals surface area contributed by atoms with Crippen molar-refractivity contribution in [3.63, 3.8) is 0 Å². The predicted molar refractivity (Wildman–Crippen MR) is 79.8 cm³/mol. The minimum Gasteiger partial charge on any atom is -0.480 e. The van der Waals surface area contributed by atoms with Crippen LogP contribution in [-0.4, -0.2) is 25.0 Å². The van der Waals surface area contributed by atoms with Crippen LogP contribution in [0.25, 0.3) is 0 Å². The van der Waals surface area contributed by atoms with Gasteiger partial charge >= 0.3 is 5.97 Å². The van der Waals surface area contributed by atoms with E-state index in [1.165, 1.54) is 0 Å². The Morgan fingerprint density at radius 2 is 1.86 bits per heavy atom. The first-order valence-electron chi connectivity index (χ1n) is 6.86. The van der Waals surface area contributed by atoms with E-state index in [2.05, 4.69) is 4.72 Å². The highest BCUT2D eigenvalue weighted by atomic mass is 32.2. The Morgan fingerprint density at radius 1 is 1.29 bits per heavy atom. The lowest BCUT2D eigenvalue weighted by atomic mass is 9.87. The van der Waals surface area contributed by atoms with E-state index in [0.717, 1.165) is 5.56 Å². The van der Waals surface area contributed by atoms with Gasteiger partial charge in [-0.3, -0.25) is 4.79 Å². The van der Waals surface area contributed by atoms with E-state index < -0.39 is 21.5 Å². The topological polar surface area (TPSA) is 83.5 Å². The Bertz CT molecular complexity index is 682. The zero-order valence-corrected chi connectivity index (χ0v) is 13.5. The minimum atomic E-state index is -3.84. The van der Waals surface area contributed by atoms with Gasteiger partial charge in [0.05, 0.1) is 4.90 Å². The second kappa shape index (κ2) is 4.81. The van der Waals surface area contributed by atoms with Gasteiger partial charge in [-0.1, -0.05) is 32.9 Å². The van der Waals surface area contributed by atoms with Crippen LogP contribution in [0.2, 0.25) is 0 Å². The van der Waals surface area contributed by atoms with Crippen LogP contribution in [0.15, 0.2) is 23.1 Å². The van der Waals surface area contributed by atoms with E-state index in [4.69, 9.17) is 5.11 Å². The summed E-state index contributed by atoms with van der Waals surface area (Å²) in [5.41, 5.74) is 0.00995. The summed E-state index contributed by atoms with van der Waals surface area (Å²) in [5, 5.41) is 9.14. The van der Waals surface area contributed by atoms with E-state index in [9.17, 15) is 13.2 Å². The molecule has 0 heterocycles. The van der Waals surface area contributed by atoms with Crippen molar-refractivity contribution in [1.82, 2.24) is 4.72 Å². The summed E-state index contributed by atoms with van der Waals surface area (Å²) in [6.45, 7) is 7.71. The summed E-state index contributed by atoms with van der Waals surface area (Å²) in [7, 11) is -3.84. The van der Waals surface area contributed by atoms with E-state index in [1.807, 2.05) is 26.8 Å². The number of carbonyl (C=O) groups is 1. The maximum Gasteiger partial charge on any atom is 0.324 e. The summed E-state index contributed by atoms with van der Waals surface area (Å²) in [6.07, 6.45) is 0.666. The summed E-state index contributed by atoms with van der Waals surface area (Å²) >= 11 is 0. The standard InChI is InChI=1S/C15H21NO4S/c1-10-5-6-11(14(2,3)4)9-12(10)21(19,20)16-15(7-8-15)13(17)18/h5-6,9,16H,7-8H2,1-4H3,(H,17,18). The third kappa shape index (κ3) is 3.11. The molecule has 0 aliphatic heterocycles. The SMILES string of the molecule is Cc1ccc(C(C)(C)C)cc1S(=O)(=O)NC1(C(=O)O)CC1. The largest absolute Gasteiger partial charge is 0.480 e. The van der Waals surface area contributed by atoms with Crippen LogP contribution in [0.3, 0.4) is 0 Å². The van der Waals surface area contributed by atoms with Gasteiger partial charge < -0.3 is 5.11 Å². The molecule has 1 saturated carbocycles. The summed E-state index contributed by atoms with van der Waals surface area (Å²) in [6, 6.07) is 5.30. The van der Waals surface area contributed by atoms with Crippen molar-refractivity contribution in [1.29, 1.82) is 0 Å². The monoisotopic (exact) mass is 311 g/mol. The molecule has 1 aliphatic carbocycles. The number of nitrogens with one attached hydrogen (secondary N) is 1. The van der Waals surface area contributed by atoms with Crippen LogP contribution >= 0.6 is 0 Å². The van der Waals surface area contributed by atoms with Crippen LogP contribution in [0.1, 0.15) is 44.7 Å². The highest BCUT2D eigenvalue weighted by molar-refractivity contribution is 7.89. The molecule has 0 saturated heterocycles. The molecule has 1 fully saturated rings. The first-order chi connectivity index (χ1) is 9.48. The van der Waals surface area contributed by atoms with Gasteiger partial charge in [0.1, 0.15) is 5.54 Å². The average Bonchev–Trinajstić information content (AvgIpc) is 3.08. The number of aryl methyl sites for hydroxylation is 1. The number of carboxylic acids is 1. The zero-order valence-electron chi connectivity index (χ0n) is 12.7. The molecule has 21 heavy (non-hydrogen) atoms. The molecule has 6 heteroatoms. The molecule has 1 aliphatic rings. The maximum atomic E-state index is 12.5. The van der Waals surface area contributed by atoms with E-state index in [-0.39, 0.29) is 10.3 Å². The van der Waals surface area contributed by atoms with Crippen LogP contribution in [0.5, 0.6) is 0 Å². The maximum absolute atomic E-state index is 12.5. The van der Waals surface area contributed by atoms with E-state index >= 15 is 0 Å². The number of hydrogen-bond acceptors (Lipinski definition) is 3. The number of aliphatic carboxylic acids is 1. The van der Waals surface area contributed by atoms with Gasteiger partial charge in [-0.25, -0.2) is 8.42 Å². The fraction of sp³-hybridized carbons (Fsp3) is 0.533. The second-order valence-electron chi connectivity index (χ2n) is 6.72. The average molecular weight is 311 g/mol. The Labute approximate surface area is 125 Å². The molecule has 0 bridgehead atoms.